The van der Waals surface area contributed by atoms with Gasteiger partial charge in [0.2, 0.25) is 11.8 Å². The summed E-state index contributed by atoms with van der Waals surface area (Å²) < 4.78 is 14.2. The number of anilines is 2. The Morgan fingerprint density at radius 3 is 2.64 bits per heavy atom. The Kier molecular flexibility index (Phi) is 4.47. The molecule has 4 atom stereocenters. The summed E-state index contributed by atoms with van der Waals surface area (Å²) in [5, 5.41) is 6.77. The van der Waals surface area contributed by atoms with Gasteiger partial charge < -0.3 is 20.4 Å². The monoisotopic (exact) mass is 448 g/mol. The number of carbonyl (C=O) groups is 3. The average Bonchev–Trinajstić information content (AvgIpc) is 3.49. The molecule has 0 bridgehead atoms. The summed E-state index contributed by atoms with van der Waals surface area (Å²) in [6.45, 7) is 1.34. The summed E-state index contributed by atoms with van der Waals surface area (Å²) in [5.41, 5.74) is 1.13. The molecule has 1 saturated carbocycles. The zero-order valence-electron chi connectivity index (χ0n) is 18.1. The van der Waals surface area contributed by atoms with E-state index in [4.69, 9.17) is 0 Å². The number of benzene rings is 2. The van der Waals surface area contributed by atoms with Gasteiger partial charge in [-0.2, -0.15) is 0 Å². The number of likely N-dealkylation sites (tertiary alicyclic amines) is 1. The number of hydrogen-bond acceptors (Lipinski definition) is 4. The van der Waals surface area contributed by atoms with Crippen LogP contribution in [-0.2, 0) is 9.59 Å². The van der Waals surface area contributed by atoms with Gasteiger partial charge in [0, 0.05) is 37.7 Å². The van der Waals surface area contributed by atoms with Crippen LogP contribution in [0.4, 0.5) is 15.8 Å². The van der Waals surface area contributed by atoms with Crippen molar-refractivity contribution in [2.75, 3.05) is 29.9 Å². The molecule has 4 aliphatic rings. The van der Waals surface area contributed by atoms with Crippen LogP contribution in [0, 0.1) is 23.6 Å². The lowest BCUT2D eigenvalue weighted by molar-refractivity contribution is -0.135. The zero-order valence-corrected chi connectivity index (χ0v) is 18.1. The molecule has 7 nitrogen and oxygen atoms in total. The van der Waals surface area contributed by atoms with Gasteiger partial charge in [0.05, 0.1) is 17.2 Å². The normalized spacial score (nSPS) is 30.3. The Labute approximate surface area is 190 Å². The van der Waals surface area contributed by atoms with Gasteiger partial charge in [-0.3, -0.25) is 14.4 Å². The van der Waals surface area contributed by atoms with Crippen molar-refractivity contribution in [3.63, 3.8) is 0 Å². The lowest BCUT2D eigenvalue weighted by atomic mass is 9.89. The van der Waals surface area contributed by atoms with Gasteiger partial charge in [-0.25, -0.2) is 4.39 Å². The number of halogens is 1. The molecule has 33 heavy (non-hydrogen) atoms. The third kappa shape index (κ3) is 3.11. The molecule has 3 aliphatic heterocycles. The highest BCUT2D eigenvalue weighted by atomic mass is 19.1. The van der Waals surface area contributed by atoms with Crippen LogP contribution in [0.3, 0.4) is 0 Å². The van der Waals surface area contributed by atoms with E-state index in [2.05, 4.69) is 10.6 Å². The zero-order chi connectivity index (χ0) is 22.7. The van der Waals surface area contributed by atoms with E-state index in [-0.39, 0.29) is 48.2 Å². The maximum atomic E-state index is 14.2. The van der Waals surface area contributed by atoms with Crippen LogP contribution in [0.2, 0.25) is 0 Å². The molecule has 1 aliphatic carbocycles. The van der Waals surface area contributed by atoms with Crippen molar-refractivity contribution in [2.24, 2.45) is 17.8 Å². The van der Waals surface area contributed by atoms with Crippen molar-refractivity contribution in [1.82, 2.24) is 10.2 Å². The van der Waals surface area contributed by atoms with E-state index in [0.717, 1.165) is 18.5 Å². The lowest BCUT2D eigenvalue weighted by Crippen LogP contribution is -2.61. The largest absolute Gasteiger partial charge is 0.362 e. The van der Waals surface area contributed by atoms with Gasteiger partial charge >= 0.3 is 0 Å². The third-order valence-corrected chi connectivity index (χ3v) is 7.78. The molecule has 6 rings (SSSR count). The molecule has 1 spiro atoms. The first-order chi connectivity index (χ1) is 15.9. The minimum Gasteiger partial charge on any atom is -0.362 e. The van der Waals surface area contributed by atoms with Gasteiger partial charge in [0.25, 0.3) is 5.91 Å². The molecule has 170 valence electrons. The molecule has 3 fully saturated rings. The van der Waals surface area contributed by atoms with E-state index in [1.807, 2.05) is 23.1 Å². The van der Waals surface area contributed by atoms with Crippen LogP contribution >= 0.6 is 0 Å². The van der Waals surface area contributed by atoms with E-state index in [9.17, 15) is 18.8 Å². The Hall–Kier alpha value is -3.42. The van der Waals surface area contributed by atoms with E-state index in [1.165, 1.54) is 11.0 Å². The van der Waals surface area contributed by atoms with Crippen molar-refractivity contribution in [2.45, 2.75) is 24.9 Å². The smallest absolute Gasteiger partial charge is 0.255 e. The highest BCUT2D eigenvalue weighted by molar-refractivity contribution is 6.02. The predicted octanol–water partition coefficient (Wildman–Crippen LogP) is 2.60. The first-order valence-electron chi connectivity index (χ1n) is 11.5. The second kappa shape index (κ2) is 7.30. The van der Waals surface area contributed by atoms with Crippen LogP contribution in [0.1, 0.15) is 29.6 Å². The molecule has 2 aromatic rings. The highest BCUT2D eigenvalue weighted by Gasteiger charge is 2.56. The molecule has 2 N–H and O–H groups in total. The second-order valence-electron chi connectivity index (χ2n) is 9.60. The van der Waals surface area contributed by atoms with Gasteiger partial charge in [-0.15, -0.1) is 0 Å². The predicted molar refractivity (Wildman–Crippen MR) is 120 cm³/mol. The van der Waals surface area contributed by atoms with E-state index in [0.29, 0.717) is 18.7 Å². The lowest BCUT2D eigenvalue weighted by Gasteiger charge is -2.42. The fraction of sp³-hybridized carbons (Fsp3) is 0.400. The van der Waals surface area contributed by atoms with Crippen molar-refractivity contribution in [1.29, 1.82) is 0 Å². The number of amides is 3. The molecular weight excluding hydrogens is 423 g/mol. The van der Waals surface area contributed by atoms with Crippen molar-refractivity contribution in [3.05, 3.63) is 59.9 Å². The molecule has 3 amide bonds. The molecule has 2 saturated heterocycles. The Balaban J connectivity index is 1.18. The molecule has 2 aromatic carbocycles. The number of para-hydroxylation sites is 2. The fourth-order valence-corrected chi connectivity index (χ4v) is 6.18. The molecule has 0 radical (unpaired) electrons. The minimum atomic E-state index is -0.560. The van der Waals surface area contributed by atoms with Gasteiger partial charge in [-0.1, -0.05) is 24.3 Å². The maximum absolute atomic E-state index is 14.2. The summed E-state index contributed by atoms with van der Waals surface area (Å²) in [7, 11) is 0. The first kappa shape index (κ1) is 20.2. The molecule has 8 heteroatoms. The highest BCUT2D eigenvalue weighted by Crippen LogP contribution is 2.47. The Morgan fingerprint density at radius 1 is 1.00 bits per heavy atom. The van der Waals surface area contributed by atoms with Crippen LogP contribution < -0.4 is 15.5 Å². The quantitative estimate of drug-likeness (QED) is 0.740. The summed E-state index contributed by atoms with van der Waals surface area (Å²) >= 11 is 0. The van der Waals surface area contributed by atoms with E-state index >= 15 is 0 Å². The topological polar surface area (TPSA) is 81.8 Å². The van der Waals surface area contributed by atoms with Crippen LogP contribution in [-0.4, -0.2) is 47.9 Å². The average molecular weight is 448 g/mol. The number of nitrogens with zero attached hydrogens (tertiary/aromatic N) is 2. The van der Waals surface area contributed by atoms with Gasteiger partial charge in [0.1, 0.15) is 11.5 Å². The number of rotatable bonds is 2. The molecular formula is C25H25FN4O3. The van der Waals surface area contributed by atoms with E-state index in [1.54, 1.807) is 24.3 Å². The second-order valence-corrected chi connectivity index (χ2v) is 9.60. The number of carbonyl (C=O) groups excluding carboxylic acids is 3. The van der Waals surface area contributed by atoms with Crippen molar-refractivity contribution in [3.8, 4) is 0 Å². The summed E-state index contributed by atoms with van der Waals surface area (Å²) in [4.78, 5) is 42.0. The fourth-order valence-electron chi connectivity index (χ4n) is 6.18. The molecule has 3 heterocycles. The Bertz CT molecular complexity index is 1170. The summed E-state index contributed by atoms with van der Waals surface area (Å²) in [6, 6.07) is 13.6. The molecule has 0 aromatic heterocycles. The standard InChI is InChI=1S/C25H25FN4O3/c26-19-6-2-4-8-21(19)30-13-16(11-22(30)31)24(33)29-12-15-9-10-25(18(15)14-29)27-20-7-3-1-5-17(20)23(32)28-25/h1-8,15-16,18,27H,9-14H2,(H,28,32)/t15-,16?,18+,25+/m1/s1. The van der Waals surface area contributed by atoms with Crippen molar-refractivity contribution < 1.29 is 18.8 Å². The Morgan fingerprint density at radius 2 is 1.79 bits per heavy atom. The van der Waals surface area contributed by atoms with Crippen LogP contribution in [0.5, 0.6) is 0 Å². The maximum Gasteiger partial charge on any atom is 0.255 e. The summed E-state index contributed by atoms with van der Waals surface area (Å²) in [5.74, 6) is -0.944. The first-order valence-corrected chi connectivity index (χ1v) is 11.5. The number of nitrogens with one attached hydrogen (secondary N) is 2. The SMILES string of the molecule is O=C1N[C@]2(CC[C@@H]3CN(C(=O)C4CC(=O)N(c5ccccc5F)C4)C[C@@H]32)Nc2ccccc21. The number of fused-ring (bicyclic) bond motifs is 3. The summed E-state index contributed by atoms with van der Waals surface area (Å²) in [6.07, 6.45) is 1.81. The molecule has 1 unspecified atom stereocenters. The van der Waals surface area contributed by atoms with Crippen molar-refractivity contribution >= 4 is 29.1 Å². The van der Waals surface area contributed by atoms with Gasteiger partial charge in [-0.05, 0) is 43.0 Å². The minimum absolute atomic E-state index is 0.0609. The van der Waals surface area contributed by atoms with Crippen LogP contribution in [0.25, 0.3) is 0 Å². The third-order valence-electron chi connectivity index (χ3n) is 7.78. The van der Waals surface area contributed by atoms with Gasteiger partial charge in [0.15, 0.2) is 0 Å². The van der Waals surface area contributed by atoms with Crippen LogP contribution in [0.15, 0.2) is 48.5 Å². The van der Waals surface area contributed by atoms with E-state index < -0.39 is 17.4 Å². The number of hydrogen-bond donors (Lipinski definition) is 2.